The molecule has 2 heterocycles. The summed E-state index contributed by atoms with van der Waals surface area (Å²) in [5.74, 6) is 1.18. The summed E-state index contributed by atoms with van der Waals surface area (Å²) in [5, 5.41) is 0. The third kappa shape index (κ3) is 3.43. The van der Waals surface area contributed by atoms with E-state index >= 15 is 0 Å². The van der Waals surface area contributed by atoms with Gasteiger partial charge in [-0.05, 0) is 25.5 Å². The molecule has 3 nitrogen and oxygen atoms in total. The maximum Gasteiger partial charge on any atom is 0.123 e. The van der Waals surface area contributed by atoms with Crippen LogP contribution in [0.4, 0.5) is 0 Å². The van der Waals surface area contributed by atoms with Crippen LogP contribution in [-0.2, 0) is 6.54 Å². The second-order valence-corrected chi connectivity index (χ2v) is 7.44. The van der Waals surface area contributed by atoms with Crippen LogP contribution in [0.25, 0.3) is 0 Å². The normalized spacial score (nSPS) is 19.7. The number of hydrogen-bond acceptors (Lipinski definition) is 4. The molecule has 5 heteroatoms. The minimum atomic E-state index is 0.323. The number of hydrogen-bond donors (Lipinski definition) is 1. The van der Waals surface area contributed by atoms with Crippen molar-refractivity contribution in [3.63, 3.8) is 0 Å². The summed E-state index contributed by atoms with van der Waals surface area (Å²) in [6.07, 6.45) is 1.74. The number of rotatable bonds is 3. The average Bonchev–Trinajstić information content (AvgIpc) is 2.28. The molecule has 0 bridgehead atoms. The molecule has 0 atom stereocenters. The third-order valence-corrected chi connectivity index (χ3v) is 4.51. The van der Waals surface area contributed by atoms with E-state index in [1.54, 1.807) is 6.20 Å². The Morgan fingerprint density at radius 2 is 2.39 bits per heavy atom. The van der Waals surface area contributed by atoms with Crippen molar-refractivity contribution in [3.05, 3.63) is 29.6 Å². The second-order valence-electron chi connectivity index (χ2n) is 5.19. The summed E-state index contributed by atoms with van der Waals surface area (Å²) in [4.78, 5) is 7.12. The molecule has 98 valence electrons. The summed E-state index contributed by atoms with van der Waals surface area (Å²) in [5.41, 5.74) is 7.62. The lowest BCUT2D eigenvalue weighted by atomic mass is 10.1. The van der Waals surface area contributed by atoms with Gasteiger partial charge in [0.2, 0.25) is 0 Å². The van der Waals surface area contributed by atoms with Crippen LogP contribution in [-0.4, -0.2) is 38.5 Å². The molecular weight excluding hydrogens is 262 g/mol. The predicted octanol–water partition coefficient (Wildman–Crippen LogP) is 2.04. The zero-order valence-electron chi connectivity index (χ0n) is 10.8. The molecule has 1 aromatic heterocycles. The highest BCUT2D eigenvalue weighted by atomic mass is 32.2. The van der Waals surface area contributed by atoms with Crippen molar-refractivity contribution in [2.24, 2.45) is 5.73 Å². The van der Waals surface area contributed by atoms with Crippen molar-refractivity contribution in [2.45, 2.75) is 25.1 Å². The number of aromatic nitrogens is 1. The Morgan fingerprint density at radius 3 is 3.06 bits per heavy atom. The summed E-state index contributed by atoms with van der Waals surface area (Å²) in [6.45, 7) is 7.66. The van der Waals surface area contributed by atoms with E-state index in [2.05, 4.69) is 29.8 Å². The van der Waals surface area contributed by atoms with Gasteiger partial charge in [-0.1, -0.05) is 18.3 Å². The Kier molecular flexibility index (Phi) is 4.25. The molecule has 2 N–H and O–H groups in total. The summed E-state index contributed by atoms with van der Waals surface area (Å²) >= 11 is 7.09. The van der Waals surface area contributed by atoms with Crippen molar-refractivity contribution in [2.75, 3.05) is 18.8 Å². The van der Waals surface area contributed by atoms with Crippen LogP contribution in [0.5, 0.6) is 0 Å². The van der Waals surface area contributed by atoms with Crippen LogP contribution in [0.15, 0.2) is 18.3 Å². The zero-order chi connectivity index (χ0) is 13.2. The van der Waals surface area contributed by atoms with Crippen molar-refractivity contribution in [1.82, 2.24) is 9.88 Å². The Morgan fingerprint density at radius 1 is 1.61 bits per heavy atom. The van der Waals surface area contributed by atoms with Gasteiger partial charge in [0.25, 0.3) is 0 Å². The van der Waals surface area contributed by atoms with Crippen LogP contribution < -0.4 is 5.73 Å². The summed E-state index contributed by atoms with van der Waals surface area (Å²) < 4.78 is 0.323. The Balaban J connectivity index is 2.12. The quantitative estimate of drug-likeness (QED) is 0.859. The maximum atomic E-state index is 5.72. The van der Waals surface area contributed by atoms with E-state index in [0.29, 0.717) is 9.74 Å². The van der Waals surface area contributed by atoms with Gasteiger partial charge in [-0.3, -0.25) is 9.88 Å². The highest BCUT2D eigenvalue weighted by molar-refractivity contribution is 8.00. The SMILES string of the molecule is CC1(C)CN(Cc2cccnc2C(N)=S)CCS1. The minimum absolute atomic E-state index is 0.323. The minimum Gasteiger partial charge on any atom is -0.388 e. The van der Waals surface area contributed by atoms with Gasteiger partial charge in [-0.15, -0.1) is 0 Å². The molecule has 0 saturated carbocycles. The molecule has 1 aliphatic rings. The fourth-order valence-electron chi connectivity index (χ4n) is 2.28. The molecule has 2 rings (SSSR count). The first kappa shape index (κ1) is 13.8. The molecule has 1 aliphatic heterocycles. The fraction of sp³-hybridized carbons (Fsp3) is 0.538. The van der Waals surface area contributed by atoms with E-state index in [1.807, 2.05) is 17.8 Å². The Hall–Kier alpha value is -0.650. The summed E-state index contributed by atoms with van der Waals surface area (Å²) in [6, 6.07) is 4.01. The molecule has 1 saturated heterocycles. The Bertz CT molecular complexity index is 446. The highest BCUT2D eigenvalue weighted by Crippen LogP contribution is 2.30. The molecule has 0 aliphatic carbocycles. The predicted molar refractivity (Wildman–Crippen MR) is 81.9 cm³/mol. The van der Waals surface area contributed by atoms with E-state index in [1.165, 1.54) is 5.75 Å². The van der Waals surface area contributed by atoms with Gasteiger partial charge >= 0.3 is 0 Å². The number of thioether (sulfide) groups is 1. The van der Waals surface area contributed by atoms with Gasteiger partial charge in [-0.2, -0.15) is 11.8 Å². The first-order valence-corrected chi connectivity index (χ1v) is 7.47. The lowest BCUT2D eigenvalue weighted by Gasteiger charge is -2.37. The second kappa shape index (κ2) is 5.55. The molecule has 0 aromatic carbocycles. The molecule has 0 unspecified atom stereocenters. The van der Waals surface area contributed by atoms with E-state index in [-0.39, 0.29) is 0 Å². The highest BCUT2D eigenvalue weighted by Gasteiger charge is 2.27. The van der Waals surface area contributed by atoms with Gasteiger partial charge in [0.15, 0.2) is 0 Å². The van der Waals surface area contributed by atoms with Gasteiger partial charge in [0.05, 0.1) is 0 Å². The number of nitrogens with zero attached hydrogens (tertiary/aromatic N) is 2. The largest absolute Gasteiger partial charge is 0.388 e. The first-order chi connectivity index (χ1) is 8.48. The standard InChI is InChI=1S/C13H19N3S2/c1-13(2)9-16(6-7-18-13)8-10-4-3-5-15-11(10)12(14)17/h3-5H,6-9H2,1-2H3,(H2,14,17). The molecular formula is C13H19N3S2. The van der Waals surface area contributed by atoms with Crippen molar-refractivity contribution in [3.8, 4) is 0 Å². The average molecular weight is 281 g/mol. The summed E-state index contributed by atoms with van der Waals surface area (Å²) in [7, 11) is 0. The number of thiocarbonyl (C=S) groups is 1. The molecule has 0 spiro atoms. The van der Waals surface area contributed by atoms with E-state index < -0.39 is 0 Å². The van der Waals surface area contributed by atoms with Gasteiger partial charge in [0.1, 0.15) is 10.7 Å². The first-order valence-electron chi connectivity index (χ1n) is 6.08. The molecule has 0 amide bonds. The maximum absolute atomic E-state index is 5.72. The van der Waals surface area contributed by atoms with Crippen LogP contribution in [0.3, 0.4) is 0 Å². The molecule has 1 aromatic rings. The lowest BCUT2D eigenvalue weighted by Crippen LogP contribution is -2.42. The van der Waals surface area contributed by atoms with Crippen LogP contribution in [0, 0.1) is 0 Å². The van der Waals surface area contributed by atoms with Crippen LogP contribution >= 0.6 is 24.0 Å². The Labute approximate surface area is 118 Å². The molecule has 0 radical (unpaired) electrons. The third-order valence-electron chi connectivity index (χ3n) is 3.02. The number of pyridine rings is 1. The smallest absolute Gasteiger partial charge is 0.123 e. The molecule has 18 heavy (non-hydrogen) atoms. The van der Waals surface area contributed by atoms with Crippen molar-refractivity contribution >= 4 is 29.0 Å². The van der Waals surface area contributed by atoms with Crippen molar-refractivity contribution in [1.29, 1.82) is 0 Å². The molecule has 1 fully saturated rings. The lowest BCUT2D eigenvalue weighted by molar-refractivity contribution is 0.252. The van der Waals surface area contributed by atoms with E-state index in [4.69, 9.17) is 18.0 Å². The van der Waals surface area contributed by atoms with Gasteiger partial charge < -0.3 is 5.73 Å². The zero-order valence-corrected chi connectivity index (χ0v) is 12.5. The van der Waals surface area contributed by atoms with Crippen LogP contribution in [0.1, 0.15) is 25.1 Å². The van der Waals surface area contributed by atoms with Crippen LogP contribution in [0.2, 0.25) is 0 Å². The number of nitrogens with two attached hydrogens (primary N) is 1. The van der Waals surface area contributed by atoms with E-state index in [9.17, 15) is 0 Å². The fourth-order valence-corrected chi connectivity index (χ4v) is 3.64. The monoisotopic (exact) mass is 281 g/mol. The van der Waals surface area contributed by atoms with Gasteiger partial charge in [-0.25, -0.2) is 0 Å². The topological polar surface area (TPSA) is 42.2 Å². The van der Waals surface area contributed by atoms with E-state index in [0.717, 1.165) is 30.9 Å². The van der Waals surface area contributed by atoms with Crippen molar-refractivity contribution < 1.29 is 0 Å². The van der Waals surface area contributed by atoms with Gasteiger partial charge in [0, 0.05) is 36.3 Å².